The lowest BCUT2D eigenvalue weighted by Gasteiger charge is -2.30. The zero-order valence-electron chi connectivity index (χ0n) is 11.4. The van der Waals surface area contributed by atoms with Gasteiger partial charge in [-0.25, -0.2) is 9.97 Å². The number of nitrogens with zero attached hydrogens (tertiary/aromatic N) is 2. The summed E-state index contributed by atoms with van der Waals surface area (Å²) in [6, 6.07) is 1.93. The third-order valence-electron chi connectivity index (χ3n) is 2.80. The fraction of sp³-hybridized carbons (Fsp3) is 0.692. The van der Waals surface area contributed by atoms with Gasteiger partial charge in [-0.05, 0) is 18.8 Å². The van der Waals surface area contributed by atoms with Crippen molar-refractivity contribution >= 4 is 5.82 Å². The second-order valence-corrected chi connectivity index (χ2v) is 5.39. The van der Waals surface area contributed by atoms with Crippen LogP contribution in [0.15, 0.2) is 6.07 Å². The van der Waals surface area contributed by atoms with E-state index in [1.807, 2.05) is 13.0 Å². The molecular weight excluding hydrogens is 214 g/mol. The maximum atomic E-state index is 9.41. The lowest BCUT2D eigenvalue weighted by atomic mass is 9.87. The Morgan fingerprint density at radius 3 is 2.47 bits per heavy atom. The second kappa shape index (κ2) is 5.45. The summed E-state index contributed by atoms with van der Waals surface area (Å²) in [5.41, 5.74) is 1.01. The van der Waals surface area contributed by atoms with Crippen molar-refractivity contribution in [1.29, 1.82) is 0 Å². The van der Waals surface area contributed by atoms with Crippen molar-refractivity contribution in [2.24, 2.45) is 5.41 Å². The Morgan fingerprint density at radius 2 is 2.00 bits per heavy atom. The third-order valence-corrected chi connectivity index (χ3v) is 2.80. The van der Waals surface area contributed by atoms with Crippen LogP contribution in [0.4, 0.5) is 5.82 Å². The van der Waals surface area contributed by atoms with Crippen molar-refractivity contribution in [2.75, 3.05) is 11.9 Å². The minimum atomic E-state index is -0.0139. The van der Waals surface area contributed by atoms with Crippen molar-refractivity contribution in [3.8, 4) is 0 Å². The molecule has 1 heterocycles. The Hall–Kier alpha value is -1.16. The molecule has 0 bridgehead atoms. The quantitative estimate of drug-likeness (QED) is 0.842. The lowest BCUT2D eigenvalue weighted by Crippen LogP contribution is -2.37. The summed E-state index contributed by atoms with van der Waals surface area (Å²) in [6.07, 6.45) is 0.886. The predicted octanol–water partition coefficient (Wildman–Crippen LogP) is 2.17. The molecule has 4 nitrogen and oxygen atoms in total. The van der Waals surface area contributed by atoms with Gasteiger partial charge in [-0.1, -0.05) is 27.7 Å². The Kier molecular flexibility index (Phi) is 4.46. The third kappa shape index (κ3) is 3.97. The summed E-state index contributed by atoms with van der Waals surface area (Å²) in [7, 11) is 0. The molecule has 0 amide bonds. The molecule has 0 unspecified atom stereocenters. The van der Waals surface area contributed by atoms with Crippen LogP contribution in [-0.4, -0.2) is 27.7 Å². The van der Waals surface area contributed by atoms with Gasteiger partial charge in [0, 0.05) is 11.8 Å². The zero-order valence-corrected chi connectivity index (χ0v) is 11.4. The van der Waals surface area contributed by atoms with Crippen LogP contribution in [0.3, 0.4) is 0 Å². The molecule has 96 valence electrons. The number of rotatable bonds is 4. The first kappa shape index (κ1) is 13.9. The average Bonchev–Trinajstić information content (AvgIpc) is 2.23. The first-order valence-corrected chi connectivity index (χ1v) is 6.08. The molecule has 0 aliphatic rings. The number of aryl methyl sites for hydroxylation is 2. The van der Waals surface area contributed by atoms with Crippen molar-refractivity contribution in [3.63, 3.8) is 0 Å². The average molecular weight is 237 g/mol. The normalized spacial score (nSPS) is 13.5. The van der Waals surface area contributed by atoms with Gasteiger partial charge in [-0.2, -0.15) is 0 Å². The molecule has 17 heavy (non-hydrogen) atoms. The van der Waals surface area contributed by atoms with E-state index in [4.69, 9.17) is 0 Å². The van der Waals surface area contributed by atoms with Crippen LogP contribution < -0.4 is 5.32 Å². The highest BCUT2D eigenvalue weighted by molar-refractivity contribution is 5.37. The van der Waals surface area contributed by atoms with Gasteiger partial charge in [-0.15, -0.1) is 0 Å². The molecule has 0 radical (unpaired) electrons. The van der Waals surface area contributed by atoms with E-state index in [9.17, 15) is 5.11 Å². The molecule has 0 fully saturated rings. The summed E-state index contributed by atoms with van der Waals surface area (Å²) in [5, 5.41) is 12.7. The molecule has 2 N–H and O–H groups in total. The Morgan fingerprint density at radius 1 is 1.35 bits per heavy atom. The standard InChI is InChI=1S/C13H23N3O/c1-6-10-7-12(15-9(2)14-10)16-11(8-17)13(3,4)5/h7,11,17H,6,8H2,1-5H3,(H,14,15,16)/t11-/m1/s1. The second-order valence-electron chi connectivity index (χ2n) is 5.39. The van der Waals surface area contributed by atoms with E-state index in [-0.39, 0.29) is 18.1 Å². The fourth-order valence-corrected chi connectivity index (χ4v) is 1.60. The van der Waals surface area contributed by atoms with Crippen LogP contribution in [0.1, 0.15) is 39.2 Å². The minimum Gasteiger partial charge on any atom is -0.394 e. The van der Waals surface area contributed by atoms with Crippen LogP contribution in [0.2, 0.25) is 0 Å². The monoisotopic (exact) mass is 237 g/mol. The van der Waals surface area contributed by atoms with E-state index in [0.29, 0.717) is 0 Å². The Bertz CT molecular complexity index is 371. The van der Waals surface area contributed by atoms with Crippen LogP contribution in [-0.2, 0) is 6.42 Å². The largest absolute Gasteiger partial charge is 0.394 e. The zero-order chi connectivity index (χ0) is 13.1. The number of anilines is 1. The molecule has 4 heteroatoms. The Labute approximate surface area is 103 Å². The molecule has 0 saturated carbocycles. The molecular formula is C13H23N3O. The summed E-state index contributed by atoms with van der Waals surface area (Å²) < 4.78 is 0. The first-order valence-electron chi connectivity index (χ1n) is 6.08. The van der Waals surface area contributed by atoms with E-state index in [1.165, 1.54) is 0 Å². The predicted molar refractivity (Wildman–Crippen MR) is 70.1 cm³/mol. The van der Waals surface area contributed by atoms with Gasteiger partial charge in [-0.3, -0.25) is 0 Å². The molecule has 0 aromatic carbocycles. The summed E-state index contributed by atoms with van der Waals surface area (Å²) in [4.78, 5) is 8.68. The van der Waals surface area contributed by atoms with Crippen molar-refractivity contribution < 1.29 is 5.11 Å². The molecule has 1 aromatic heterocycles. The van der Waals surface area contributed by atoms with E-state index in [1.54, 1.807) is 0 Å². The van der Waals surface area contributed by atoms with Gasteiger partial charge >= 0.3 is 0 Å². The topological polar surface area (TPSA) is 58.0 Å². The molecule has 0 aliphatic carbocycles. The van der Waals surface area contributed by atoms with Gasteiger partial charge in [0.1, 0.15) is 11.6 Å². The maximum absolute atomic E-state index is 9.41. The number of hydrogen-bond acceptors (Lipinski definition) is 4. The first-order chi connectivity index (χ1) is 7.86. The van der Waals surface area contributed by atoms with Crippen molar-refractivity contribution in [2.45, 2.75) is 47.1 Å². The molecule has 1 aromatic rings. The highest BCUT2D eigenvalue weighted by atomic mass is 16.3. The highest BCUT2D eigenvalue weighted by Gasteiger charge is 2.24. The fourth-order valence-electron chi connectivity index (χ4n) is 1.60. The number of nitrogens with one attached hydrogen (secondary N) is 1. The van der Waals surface area contributed by atoms with E-state index in [2.05, 4.69) is 43.0 Å². The molecule has 0 aliphatic heterocycles. The summed E-state index contributed by atoms with van der Waals surface area (Å²) in [6.45, 7) is 10.3. The minimum absolute atomic E-state index is 0.0125. The molecule has 1 atom stereocenters. The van der Waals surface area contributed by atoms with Crippen LogP contribution in [0.5, 0.6) is 0 Å². The van der Waals surface area contributed by atoms with Gasteiger partial charge in [0.25, 0.3) is 0 Å². The van der Waals surface area contributed by atoms with E-state index < -0.39 is 0 Å². The molecule has 0 spiro atoms. The number of aliphatic hydroxyl groups is 1. The van der Waals surface area contributed by atoms with Gasteiger partial charge in [0.15, 0.2) is 0 Å². The summed E-state index contributed by atoms with van der Waals surface area (Å²) in [5.74, 6) is 1.56. The van der Waals surface area contributed by atoms with Crippen LogP contribution in [0.25, 0.3) is 0 Å². The van der Waals surface area contributed by atoms with Crippen molar-refractivity contribution in [1.82, 2.24) is 9.97 Å². The van der Waals surface area contributed by atoms with Gasteiger partial charge < -0.3 is 10.4 Å². The number of hydrogen-bond donors (Lipinski definition) is 2. The smallest absolute Gasteiger partial charge is 0.130 e. The maximum Gasteiger partial charge on any atom is 0.130 e. The SMILES string of the molecule is CCc1cc(N[C@H](CO)C(C)(C)C)nc(C)n1. The Balaban J connectivity index is 2.90. The molecule has 1 rings (SSSR count). The van der Waals surface area contributed by atoms with Gasteiger partial charge in [0.05, 0.1) is 12.6 Å². The van der Waals surface area contributed by atoms with Crippen molar-refractivity contribution in [3.05, 3.63) is 17.6 Å². The van der Waals surface area contributed by atoms with Crippen LogP contribution in [0, 0.1) is 12.3 Å². The van der Waals surface area contributed by atoms with Gasteiger partial charge in [0.2, 0.25) is 0 Å². The number of aromatic nitrogens is 2. The van der Waals surface area contributed by atoms with E-state index in [0.717, 1.165) is 23.8 Å². The highest BCUT2D eigenvalue weighted by Crippen LogP contribution is 2.22. The van der Waals surface area contributed by atoms with Crippen LogP contribution >= 0.6 is 0 Å². The molecule has 0 saturated heterocycles. The lowest BCUT2D eigenvalue weighted by molar-refractivity contribution is 0.201. The number of aliphatic hydroxyl groups excluding tert-OH is 1. The van der Waals surface area contributed by atoms with E-state index >= 15 is 0 Å². The summed E-state index contributed by atoms with van der Waals surface area (Å²) >= 11 is 0.